The van der Waals surface area contributed by atoms with Gasteiger partial charge in [0.1, 0.15) is 0 Å². The van der Waals surface area contributed by atoms with Crippen LogP contribution in [-0.2, 0) is 4.79 Å². The molecule has 2 N–H and O–H groups in total. The van der Waals surface area contributed by atoms with E-state index in [-0.39, 0.29) is 11.8 Å². The molecule has 1 amide bonds. The van der Waals surface area contributed by atoms with E-state index in [1.165, 1.54) is 12.8 Å². The highest BCUT2D eigenvalue weighted by Gasteiger charge is 2.29. The molecule has 0 aromatic carbocycles. The van der Waals surface area contributed by atoms with Crippen LogP contribution in [0.25, 0.3) is 0 Å². The number of piperidine rings is 1. The molecule has 17 heavy (non-hydrogen) atoms. The van der Waals surface area contributed by atoms with Crippen LogP contribution in [0.1, 0.15) is 52.4 Å². The summed E-state index contributed by atoms with van der Waals surface area (Å²) in [5.74, 6) is 0.487. The third-order valence-corrected chi connectivity index (χ3v) is 4.35. The van der Waals surface area contributed by atoms with E-state index >= 15 is 0 Å². The molecule has 1 unspecified atom stereocenters. The second-order valence-electron chi connectivity index (χ2n) is 6.49. The van der Waals surface area contributed by atoms with E-state index in [0.29, 0.717) is 11.5 Å². The molecule has 0 spiro atoms. The molecule has 1 saturated heterocycles. The van der Waals surface area contributed by atoms with E-state index in [1.54, 1.807) is 0 Å². The maximum absolute atomic E-state index is 12.1. The van der Waals surface area contributed by atoms with Gasteiger partial charge in [-0.15, -0.1) is 0 Å². The van der Waals surface area contributed by atoms with Crippen LogP contribution in [-0.4, -0.2) is 25.0 Å². The normalized spacial score (nSPS) is 29.9. The highest BCUT2D eigenvalue weighted by molar-refractivity contribution is 5.79. The summed E-state index contributed by atoms with van der Waals surface area (Å²) in [5, 5.41) is 6.55. The summed E-state index contributed by atoms with van der Waals surface area (Å²) in [7, 11) is 0. The van der Waals surface area contributed by atoms with E-state index in [9.17, 15) is 4.79 Å². The highest BCUT2D eigenvalue weighted by Crippen LogP contribution is 2.35. The summed E-state index contributed by atoms with van der Waals surface area (Å²) in [6.07, 6.45) is 6.96. The van der Waals surface area contributed by atoms with Crippen LogP contribution in [0.15, 0.2) is 0 Å². The van der Waals surface area contributed by atoms with Crippen molar-refractivity contribution in [2.45, 2.75) is 58.4 Å². The van der Waals surface area contributed by atoms with Gasteiger partial charge in [-0.2, -0.15) is 0 Å². The maximum atomic E-state index is 12.1. The summed E-state index contributed by atoms with van der Waals surface area (Å²) >= 11 is 0. The molecule has 2 rings (SSSR count). The van der Waals surface area contributed by atoms with E-state index in [4.69, 9.17) is 0 Å². The lowest BCUT2D eigenvalue weighted by molar-refractivity contribution is -0.126. The molecule has 0 aromatic heterocycles. The Balaban J connectivity index is 1.75. The number of carbonyl (C=O) groups excluding carboxylic acids is 1. The van der Waals surface area contributed by atoms with Gasteiger partial charge in [0, 0.05) is 12.6 Å². The average Bonchev–Trinajstić information content (AvgIpc) is 2.33. The quantitative estimate of drug-likeness (QED) is 0.773. The number of rotatable bonds is 2. The predicted octanol–water partition coefficient (Wildman–Crippen LogP) is 2.07. The Morgan fingerprint density at radius 3 is 2.53 bits per heavy atom. The molecule has 2 fully saturated rings. The van der Waals surface area contributed by atoms with Crippen LogP contribution in [0, 0.1) is 11.3 Å². The Morgan fingerprint density at radius 2 is 1.94 bits per heavy atom. The minimum Gasteiger partial charge on any atom is -0.353 e. The topological polar surface area (TPSA) is 41.1 Å². The van der Waals surface area contributed by atoms with Gasteiger partial charge in [0.2, 0.25) is 5.91 Å². The van der Waals surface area contributed by atoms with Crippen molar-refractivity contribution in [3.63, 3.8) is 0 Å². The molecular formula is C14H26N2O. The fourth-order valence-corrected chi connectivity index (χ4v) is 2.94. The van der Waals surface area contributed by atoms with Crippen molar-refractivity contribution in [1.82, 2.24) is 10.6 Å². The van der Waals surface area contributed by atoms with E-state index in [0.717, 1.165) is 38.8 Å². The summed E-state index contributed by atoms with van der Waals surface area (Å²) in [6.45, 7) is 6.59. The first-order chi connectivity index (χ1) is 8.07. The first kappa shape index (κ1) is 12.9. The van der Waals surface area contributed by atoms with Crippen LogP contribution in [0.2, 0.25) is 0 Å². The standard InChI is InChI=1S/C14H26N2O/c1-14(2)7-5-12(6-8-14)16-13(17)11-4-3-9-15-10-11/h11-12,15H,3-10H2,1-2H3,(H,16,17). The molecule has 0 bridgehead atoms. The zero-order valence-corrected chi connectivity index (χ0v) is 11.2. The predicted molar refractivity (Wildman–Crippen MR) is 69.8 cm³/mol. The maximum Gasteiger partial charge on any atom is 0.224 e. The van der Waals surface area contributed by atoms with Gasteiger partial charge in [-0.05, 0) is 50.5 Å². The van der Waals surface area contributed by atoms with Crippen molar-refractivity contribution in [3.8, 4) is 0 Å². The number of amides is 1. The van der Waals surface area contributed by atoms with Gasteiger partial charge in [0.15, 0.2) is 0 Å². The van der Waals surface area contributed by atoms with Crippen LogP contribution in [0.3, 0.4) is 0 Å². The highest BCUT2D eigenvalue weighted by atomic mass is 16.2. The smallest absolute Gasteiger partial charge is 0.224 e. The lowest BCUT2D eigenvalue weighted by Crippen LogP contribution is -2.46. The molecule has 2 aliphatic rings. The van der Waals surface area contributed by atoms with Gasteiger partial charge in [-0.25, -0.2) is 0 Å². The molecule has 3 nitrogen and oxygen atoms in total. The molecule has 1 heterocycles. The molecule has 3 heteroatoms. The van der Waals surface area contributed by atoms with Gasteiger partial charge >= 0.3 is 0 Å². The first-order valence-corrected chi connectivity index (χ1v) is 7.08. The summed E-state index contributed by atoms with van der Waals surface area (Å²) in [5.41, 5.74) is 0.480. The van der Waals surface area contributed by atoms with Crippen LogP contribution >= 0.6 is 0 Å². The van der Waals surface area contributed by atoms with Gasteiger partial charge < -0.3 is 10.6 Å². The van der Waals surface area contributed by atoms with Crippen LogP contribution < -0.4 is 10.6 Å². The number of nitrogens with one attached hydrogen (secondary N) is 2. The molecular weight excluding hydrogens is 212 g/mol. The molecule has 1 atom stereocenters. The van der Waals surface area contributed by atoms with Crippen molar-refractivity contribution in [3.05, 3.63) is 0 Å². The van der Waals surface area contributed by atoms with Crippen LogP contribution in [0.5, 0.6) is 0 Å². The van der Waals surface area contributed by atoms with Gasteiger partial charge in [0.05, 0.1) is 5.92 Å². The van der Waals surface area contributed by atoms with E-state index < -0.39 is 0 Å². The summed E-state index contributed by atoms with van der Waals surface area (Å²) in [6, 6.07) is 0.428. The number of carbonyl (C=O) groups is 1. The van der Waals surface area contributed by atoms with Crippen molar-refractivity contribution < 1.29 is 4.79 Å². The zero-order valence-electron chi connectivity index (χ0n) is 11.2. The lowest BCUT2D eigenvalue weighted by Gasteiger charge is -2.35. The fourth-order valence-electron chi connectivity index (χ4n) is 2.94. The third kappa shape index (κ3) is 3.70. The Labute approximate surface area is 105 Å². The fraction of sp³-hybridized carbons (Fsp3) is 0.929. The van der Waals surface area contributed by atoms with Gasteiger partial charge in [0.25, 0.3) is 0 Å². The molecule has 1 aliphatic carbocycles. The molecule has 0 radical (unpaired) electrons. The average molecular weight is 238 g/mol. The Bertz CT molecular complexity index is 259. The van der Waals surface area contributed by atoms with E-state index in [1.807, 2.05) is 0 Å². The van der Waals surface area contributed by atoms with Crippen molar-refractivity contribution in [2.75, 3.05) is 13.1 Å². The van der Waals surface area contributed by atoms with Crippen molar-refractivity contribution in [1.29, 1.82) is 0 Å². The molecule has 98 valence electrons. The lowest BCUT2D eigenvalue weighted by atomic mass is 9.75. The number of hydrogen-bond donors (Lipinski definition) is 2. The Hall–Kier alpha value is -0.570. The van der Waals surface area contributed by atoms with Crippen molar-refractivity contribution in [2.24, 2.45) is 11.3 Å². The third-order valence-electron chi connectivity index (χ3n) is 4.35. The Morgan fingerprint density at radius 1 is 1.24 bits per heavy atom. The monoisotopic (exact) mass is 238 g/mol. The van der Waals surface area contributed by atoms with E-state index in [2.05, 4.69) is 24.5 Å². The minimum atomic E-state index is 0.207. The summed E-state index contributed by atoms with van der Waals surface area (Å²) in [4.78, 5) is 12.1. The Kier molecular flexibility index (Phi) is 4.08. The first-order valence-electron chi connectivity index (χ1n) is 7.08. The van der Waals surface area contributed by atoms with Gasteiger partial charge in [-0.1, -0.05) is 13.8 Å². The second-order valence-corrected chi connectivity index (χ2v) is 6.49. The number of hydrogen-bond acceptors (Lipinski definition) is 2. The minimum absolute atomic E-state index is 0.207. The SMILES string of the molecule is CC1(C)CCC(NC(=O)C2CCCNC2)CC1. The summed E-state index contributed by atoms with van der Waals surface area (Å²) < 4.78 is 0. The van der Waals surface area contributed by atoms with Crippen molar-refractivity contribution >= 4 is 5.91 Å². The molecule has 1 saturated carbocycles. The van der Waals surface area contributed by atoms with Crippen LogP contribution in [0.4, 0.5) is 0 Å². The second kappa shape index (κ2) is 5.38. The van der Waals surface area contributed by atoms with Gasteiger partial charge in [-0.3, -0.25) is 4.79 Å². The molecule has 0 aromatic rings. The zero-order chi connectivity index (χ0) is 12.3. The molecule has 1 aliphatic heterocycles. The largest absolute Gasteiger partial charge is 0.353 e.